The summed E-state index contributed by atoms with van der Waals surface area (Å²) in [6, 6.07) is 0.441. The number of aromatic nitrogens is 2. The Balaban J connectivity index is 2.10. The van der Waals surface area contributed by atoms with Crippen LogP contribution in [0.3, 0.4) is 0 Å². The number of aryl methyl sites for hydroxylation is 2. The lowest BCUT2D eigenvalue weighted by molar-refractivity contribution is 0.0730. The molecule has 1 saturated heterocycles. The van der Waals surface area contributed by atoms with Crippen LogP contribution in [0.4, 0.5) is 0 Å². The summed E-state index contributed by atoms with van der Waals surface area (Å²) < 4.78 is 1.75. The third-order valence-corrected chi connectivity index (χ3v) is 4.10. The summed E-state index contributed by atoms with van der Waals surface area (Å²) in [6.45, 7) is 6.87. The van der Waals surface area contributed by atoms with Crippen molar-refractivity contribution in [2.24, 2.45) is 7.05 Å². The van der Waals surface area contributed by atoms with E-state index in [-0.39, 0.29) is 5.91 Å². The molecule has 1 N–H and O–H groups in total. The first-order valence-corrected chi connectivity index (χ1v) is 8.20. The molecule has 0 aromatic carbocycles. The third-order valence-electron chi connectivity index (χ3n) is 4.10. The molecule has 5 nitrogen and oxygen atoms in total. The fourth-order valence-corrected chi connectivity index (χ4v) is 3.04. The highest BCUT2D eigenvalue weighted by Gasteiger charge is 2.24. The van der Waals surface area contributed by atoms with E-state index in [1.165, 1.54) is 19.3 Å². The van der Waals surface area contributed by atoms with Crippen LogP contribution in [0.1, 0.15) is 55.6 Å². The minimum Gasteiger partial charge on any atom is -0.337 e. The van der Waals surface area contributed by atoms with Crippen LogP contribution in [0.15, 0.2) is 6.20 Å². The molecule has 2 rings (SSSR count). The lowest BCUT2D eigenvalue weighted by atomic mass is 10.0. The van der Waals surface area contributed by atoms with Crippen molar-refractivity contribution in [3.63, 3.8) is 0 Å². The molecular weight excluding hydrogens is 264 g/mol. The molecule has 1 unspecified atom stereocenters. The lowest BCUT2D eigenvalue weighted by Crippen LogP contribution is -2.46. The van der Waals surface area contributed by atoms with Crippen LogP contribution in [0.5, 0.6) is 0 Å². The second-order valence-electron chi connectivity index (χ2n) is 5.91. The smallest absolute Gasteiger partial charge is 0.257 e. The summed E-state index contributed by atoms with van der Waals surface area (Å²) in [5.41, 5.74) is 1.67. The van der Waals surface area contributed by atoms with Gasteiger partial charge >= 0.3 is 0 Å². The molecule has 1 aromatic heterocycles. The highest BCUT2D eigenvalue weighted by atomic mass is 16.2. The molecule has 0 spiro atoms. The number of carbonyl (C=O) groups excluding carboxylic acids is 1. The first-order chi connectivity index (χ1) is 10.2. The molecule has 0 radical (unpaired) electrons. The maximum Gasteiger partial charge on any atom is 0.257 e. The molecular formula is C16H28N4O. The van der Waals surface area contributed by atoms with Crippen LogP contribution in [0.2, 0.25) is 0 Å². The minimum atomic E-state index is 0.133. The first-order valence-electron chi connectivity index (χ1n) is 8.20. The van der Waals surface area contributed by atoms with Crippen molar-refractivity contribution in [2.75, 3.05) is 19.6 Å². The Kier molecular flexibility index (Phi) is 5.79. The molecule has 5 heteroatoms. The number of nitrogens with zero attached hydrogens (tertiary/aromatic N) is 3. The minimum absolute atomic E-state index is 0.133. The second kappa shape index (κ2) is 7.59. The predicted octanol–water partition coefficient (Wildman–Crippen LogP) is 1.98. The van der Waals surface area contributed by atoms with Gasteiger partial charge in [0.1, 0.15) is 0 Å². The Morgan fingerprint density at radius 1 is 1.48 bits per heavy atom. The SMILES string of the molecule is CCCN(CC1CCCCN1)C(=O)c1cn(C)nc1CC. The Labute approximate surface area is 127 Å². The fraction of sp³-hybridized carbons (Fsp3) is 0.750. The van der Waals surface area contributed by atoms with Crippen molar-refractivity contribution in [1.29, 1.82) is 0 Å². The van der Waals surface area contributed by atoms with Gasteiger partial charge in [0.25, 0.3) is 5.91 Å². The van der Waals surface area contributed by atoms with Crippen molar-refractivity contribution >= 4 is 5.91 Å². The Morgan fingerprint density at radius 3 is 2.90 bits per heavy atom. The molecule has 1 aliphatic heterocycles. The predicted molar refractivity (Wildman–Crippen MR) is 84.4 cm³/mol. The fourth-order valence-electron chi connectivity index (χ4n) is 3.04. The van der Waals surface area contributed by atoms with Crippen LogP contribution in [-0.4, -0.2) is 46.3 Å². The molecule has 0 bridgehead atoms. The molecule has 1 fully saturated rings. The van der Waals surface area contributed by atoms with Gasteiger partial charge in [-0.05, 0) is 32.2 Å². The van der Waals surface area contributed by atoms with Crippen LogP contribution >= 0.6 is 0 Å². The second-order valence-corrected chi connectivity index (χ2v) is 5.91. The summed E-state index contributed by atoms with van der Waals surface area (Å²) in [5, 5.41) is 7.93. The molecule has 0 aliphatic carbocycles. The Morgan fingerprint density at radius 2 is 2.29 bits per heavy atom. The molecule has 21 heavy (non-hydrogen) atoms. The quantitative estimate of drug-likeness (QED) is 0.872. The maximum atomic E-state index is 12.8. The van der Waals surface area contributed by atoms with Gasteiger partial charge < -0.3 is 10.2 Å². The summed E-state index contributed by atoms with van der Waals surface area (Å²) in [4.78, 5) is 14.8. The van der Waals surface area contributed by atoms with E-state index in [9.17, 15) is 4.79 Å². The van der Waals surface area contributed by atoms with Crippen LogP contribution in [0.25, 0.3) is 0 Å². The van der Waals surface area contributed by atoms with Crippen molar-refractivity contribution in [1.82, 2.24) is 20.0 Å². The number of piperidine rings is 1. The van der Waals surface area contributed by atoms with E-state index in [0.29, 0.717) is 6.04 Å². The summed E-state index contributed by atoms with van der Waals surface area (Å²) >= 11 is 0. The number of rotatable bonds is 6. The molecule has 1 atom stereocenters. The van der Waals surface area contributed by atoms with E-state index in [1.807, 2.05) is 25.1 Å². The number of nitrogens with one attached hydrogen (secondary N) is 1. The summed E-state index contributed by atoms with van der Waals surface area (Å²) in [6.07, 6.45) is 7.32. The lowest BCUT2D eigenvalue weighted by Gasteiger charge is -2.30. The maximum absolute atomic E-state index is 12.8. The highest BCUT2D eigenvalue weighted by molar-refractivity contribution is 5.95. The summed E-state index contributed by atoms with van der Waals surface area (Å²) in [7, 11) is 1.88. The zero-order chi connectivity index (χ0) is 15.2. The third kappa shape index (κ3) is 4.06. The van der Waals surface area contributed by atoms with E-state index < -0.39 is 0 Å². The van der Waals surface area contributed by atoms with Gasteiger partial charge in [-0.2, -0.15) is 5.10 Å². The van der Waals surface area contributed by atoms with Gasteiger partial charge in [0.05, 0.1) is 11.3 Å². The van der Waals surface area contributed by atoms with Crippen molar-refractivity contribution in [3.8, 4) is 0 Å². The van der Waals surface area contributed by atoms with E-state index in [2.05, 4.69) is 17.3 Å². The van der Waals surface area contributed by atoms with Gasteiger partial charge in [-0.3, -0.25) is 9.48 Å². The number of carbonyl (C=O) groups is 1. The number of amides is 1. The van der Waals surface area contributed by atoms with E-state index in [1.54, 1.807) is 4.68 Å². The first kappa shape index (κ1) is 16.0. The van der Waals surface area contributed by atoms with Gasteiger partial charge in [0, 0.05) is 32.4 Å². The largest absolute Gasteiger partial charge is 0.337 e. The average molecular weight is 292 g/mol. The van der Waals surface area contributed by atoms with Crippen LogP contribution < -0.4 is 5.32 Å². The van der Waals surface area contributed by atoms with Crippen LogP contribution in [-0.2, 0) is 13.5 Å². The molecule has 0 saturated carbocycles. The number of hydrogen-bond donors (Lipinski definition) is 1. The van der Waals surface area contributed by atoms with Gasteiger partial charge in [-0.25, -0.2) is 0 Å². The van der Waals surface area contributed by atoms with Gasteiger partial charge in [0.2, 0.25) is 0 Å². The Hall–Kier alpha value is -1.36. The standard InChI is InChI=1S/C16H28N4O/c1-4-10-20(11-13-8-6-7-9-17-13)16(21)14-12-19(3)18-15(14)5-2/h12-13,17H,4-11H2,1-3H3. The molecule has 1 amide bonds. The topological polar surface area (TPSA) is 50.2 Å². The van der Waals surface area contributed by atoms with Crippen LogP contribution in [0, 0.1) is 0 Å². The van der Waals surface area contributed by atoms with E-state index >= 15 is 0 Å². The normalized spacial score (nSPS) is 18.7. The van der Waals surface area contributed by atoms with E-state index in [0.717, 1.165) is 43.7 Å². The number of hydrogen-bond acceptors (Lipinski definition) is 3. The van der Waals surface area contributed by atoms with E-state index in [4.69, 9.17) is 0 Å². The summed E-state index contributed by atoms with van der Waals surface area (Å²) in [5.74, 6) is 0.133. The van der Waals surface area contributed by atoms with Gasteiger partial charge in [-0.1, -0.05) is 20.3 Å². The Bertz CT molecular complexity index is 463. The molecule has 1 aliphatic rings. The van der Waals surface area contributed by atoms with Crippen molar-refractivity contribution in [2.45, 2.75) is 52.0 Å². The zero-order valence-electron chi connectivity index (χ0n) is 13.6. The van der Waals surface area contributed by atoms with Gasteiger partial charge in [0.15, 0.2) is 0 Å². The monoisotopic (exact) mass is 292 g/mol. The van der Waals surface area contributed by atoms with Crippen molar-refractivity contribution < 1.29 is 4.79 Å². The molecule has 1 aromatic rings. The molecule has 2 heterocycles. The average Bonchev–Trinajstić information content (AvgIpc) is 2.88. The zero-order valence-corrected chi connectivity index (χ0v) is 13.6. The highest BCUT2D eigenvalue weighted by Crippen LogP contribution is 2.14. The van der Waals surface area contributed by atoms with Gasteiger partial charge in [-0.15, -0.1) is 0 Å². The van der Waals surface area contributed by atoms with Crippen molar-refractivity contribution in [3.05, 3.63) is 17.5 Å². The molecule has 118 valence electrons.